The molecule has 1 unspecified atom stereocenters. The zero-order chi connectivity index (χ0) is 14.7. The lowest BCUT2D eigenvalue weighted by atomic mass is 10.2. The van der Waals surface area contributed by atoms with Gasteiger partial charge in [0.05, 0.1) is 10.7 Å². The minimum Gasteiger partial charge on any atom is -0.386 e. The summed E-state index contributed by atoms with van der Waals surface area (Å²) in [6.07, 6.45) is -0.349. The van der Waals surface area contributed by atoms with Crippen molar-refractivity contribution in [2.45, 2.75) is 19.6 Å². The molecule has 130 valence electrons. The van der Waals surface area contributed by atoms with E-state index in [-0.39, 0.29) is 30.9 Å². The van der Waals surface area contributed by atoms with Gasteiger partial charge in [-0.25, -0.2) is 4.98 Å². The van der Waals surface area contributed by atoms with Crippen LogP contribution in [0.15, 0.2) is 22.9 Å². The highest BCUT2D eigenvalue weighted by molar-refractivity contribution is 7.10. The number of aromatic nitrogens is 1. The van der Waals surface area contributed by atoms with E-state index in [4.69, 9.17) is 0 Å². The Labute approximate surface area is 158 Å². The van der Waals surface area contributed by atoms with Crippen molar-refractivity contribution in [1.29, 1.82) is 0 Å². The molecule has 8 heteroatoms. The molecular weight excluding hydrogens is 373 g/mol. The van der Waals surface area contributed by atoms with Gasteiger partial charge in [0.1, 0.15) is 6.10 Å². The van der Waals surface area contributed by atoms with Crippen LogP contribution in [0.3, 0.4) is 0 Å². The SMILES string of the molecule is Cc1nc(CN2CCN(CC(O)c3cccs3)CC2)cs1.Cl.Cl. The standard InChI is InChI=1S/C15H21N3OS2.2ClH/c1-12-16-13(11-21-12)9-17-4-6-18(7-5-17)10-14(19)15-3-2-8-20-15;;/h2-3,8,11,14,19H,4-7,9-10H2,1H3;2*1H. The molecule has 1 atom stereocenters. The maximum atomic E-state index is 10.2. The molecule has 0 saturated carbocycles. The number of piperazine rings is 1. The lowest BCUT2D eigenvalue weighted by molar-refractivity contribution is 0.0712. The average Bonchev–Trinajstić information content (AvgIpc) is 3.13. The Kier molecular flexibility index (Phi) is 9.00. The number of thiophene rings is 1. The molecule has 1 fully saturated rings. The summed E-state index contributed by atoms with van der Waals surface area (Å²) in [7, 11) is 0. The number of aliphatic hydroxyl groups is 1. The van der Waals surface area contributed by atoms with E-state index in [1.807, 2.05) is 17.5 Å². The summed E-state index contributed by atoms with van der Waals surface area (Å²) in [6.45, 7) is 7.88. The van der Waals surface area contributed by atoms with Crippen LogP contribution in [0.4, 0.5) is 0 Å². The molecule has 1 aliphatic heterocycles. The zero-order valence-electron chi connectivity index (χ0n) is 13.1. The predicted molar refractivity (Wildman–Crippen MR) is 102 cm³/mol. The monoisotopic (exact) mass is 395 g/mol. The Bertz CT molecular complexity index is 557. The van der Waals surface area contributed by atoms with Crippen molar-refractivity contribution in [3.05, 3.63) is 38.5 Å². The van der Waals surface area contributed by atoms with Crippen LogP contribution in [-0.2, 0) is 6.54 Å². The second-order valence-electron chi connectivity index (χ2n) is 5.47. The fourth-order valence-corrected chi connectivity index (χ4v) is 3.96. The van der Waals surface area contributed by atoms with Gasteiger partial charge in [-0.3, -0.25) is 9.80 Å². The minimum atomic E-state index is -0.349. The molecule has 3 heterocycles. The van der Waals surface area contributed by atoms with E-state index in [0.717, 1.165) is 49.2 Å². The number of hydrogen-bond acceptors (Lipinski definition) is 6. The maximum absolute atomic E-state index is 10.2. The summed E-state index contributed by atoms with van der Waals surface area (Å²) < 4.78 is 0. The maximum Gasteiger partial charge on any atom is 0.101 e. The third kappa shape index (κ3) is 5.98. The summed E-state index contributed by atoms with van der Waals surface area (Å²) >= 11 is 3.35. The molecule has 1 saturated heterocycles. The van der Waals surface area contributed by atoms with Crippen molar-refractivity contribution >= 4 is 47.5 Å². The first kappa shape index (κ1) is 20.8. The van der Waals surface area contributed by atoms with Crippen LogP contribution in [0, 0.1) is 6.92 Å². The van der Waals surface area contributed by atoms with Gasteiger partial charge in [-0.2, -0.15) is 0 Å². The van der Waals surface area contributed by atoms with Gasteiger partial charge >= 0.3 is 0 Å². The third-order valence-electron chi connectivity index (χ3n) is 3.82. The van der Waals surface area contributed by atoms with Crippen molar-refractivity contribution in [2.24, 2.45) is 0 Å². The minimum absolute atomic E-state index is 0. The van der Waals surface area contributed by atoms with E-state index in [0.29, 0.717) is 0 Å². The summed E-state index contributed by atoms with van der Waals surface area (Å²) in [5.41, 5.74) is 1.18. The lowest BCUT2D eigenvalue weighted by Gasteiger charge is -2.35. The first-order chi connectivity index (χ1) is 10.2. The molecule has 3 rings (SSSR count). The van der Waals surface area contributed by atoms with Gasteiger partial charge in [-0.05, 0) is 18.4 Å². The van der Waals surface area contributed by atoms with Crippen molar-refractivity contribution in [1.82, 2.24) is 14.8 Å². The number of β-amino-alcohol motifs (C(OH)–C–C–N with tert-alkyl or cyclic N) is 1. The second-order valence-corrected chi connectivity index (χ2v) is 7.51. The van der Waals surface area contributed by atoms with Gasteiger partial charge < -0.3 is 5.11 Å². The van der Waals surface area contributed by atoms with E-state index < -0.39 is 0 Å². The first-order valence-corrected chi connectivity index (χ1v) is 9.04. The number of hydrogen-bond donors (Lipinski definition) is 1. The van der Waals surface area contributed by atoms with Gasteiger partial charge in [0, 0.05) is 49.5 Å². The average molecular weight is 396 g/mol. The molecule has 2 aromatic heterocycles. The Morgan fingerprint density at radius 2 is 1.87 bits per heavy atom. The number of halogens is 2. The van der Waals surface area contributed by atoms with Crippen molar-refractivity contribution in [2.75, 3.05) is 32.7 Å². The van der Waals surface area contributed by atoms with Gasteiger partial charge in [0.15, 0.2) is 0 Å². The number of nitrogens with zero attached hydrogens (tertiary/aromatic N) is 3. The normalized spacial score (nSPS) is 17.3. The molecule has 1 N–H and O–H groups in total. The van der Waals surface area contributed by atoms with Crippen LogP contribution in [0.25, 0.3) is 0 Å². The number of rotatable bonds is 5. The first-order valence-electron chi connectivity index (χ1n) is 7.28. The van der Waals surface area contributed by atoms with Crippen LogP contribution in [-0.4, -0.2) is 52.6 Å². The molecule has 2 aromatic rings. The van der Waals surface area contributed by atoms with E-state index in [1.165, 1.54) is 5.69 Å². The number of aliphatic hydroxyl groups excluding tert-OH is 1. The molecule has 0 aliphatic carbocycles. The Hall–Kier alpha value is -0.210. The van der Waals surface area contributed by atoms with Crippen molar-refractivity contribution in [3.8, 4) is 0 Å². The van der Waals surface area contributed by atoms with Crippen molar-refractivity contribution in [3.63, 3.8) is 0 Å². The highest BCUT2D eigenvalue weighted by atomic mass is 35.5. The fourth-order valence-electron chi connectivity index (χ4n) is 2.66. The summed E-state index contributed by atoms with van der Waals surface area (Å²) in [6, 6.07) is 4.01. The molecular formula is C15H23Cl2N3OS2. The van der Waals surface area contributed by atoms with Gasteiger partial charge in [0.25, 0.3) is 0 Å². The molecule has 0 spiro atoms. The number of aryl methyl sites for hydroxylation is 1. The summed E-state index contributed by atoms with van der Waals surface area (Å²) in [5, 5.41) is 15.5. The molecule has 0 amide bonds. The van der Waals surface area contributed by atoms with Gasteiger partial charge in [-0.15, -0.1) is 47.5 Å². The fraction of sp³-hybridized carbons (Fsp3) is 0.533. The zero-order valence-corrected chi connectivity index (χ0v) is 16.3. The number of thiazole rings is 1. The van der Waals surface area contributed by atoms with Crippen molar-refractivity contribution < 1.29 is 5.11 Å². The Morgan fingerprint density at radius 1 is 1.17 bits per heavy atom. The predicted octanol–water partition coefficient (Wildman–Crippen LogP) is 3.21. The molecule has 1 aliphatic rings. The highest BCUT2D eigenvalue weighted by Crippen LogP contribution is 2.20. The van der Waals surface area contributed by atoms with Crippen LogP contribution in [0.2, 0.25) is 0 Å². The highest BCUT2D eigenvalue weighted by Gasteiger charge is 2.20. The third-order valence-corrected chi connectivity index (χ3v) is 5.62. The molecule has 0 bridgehead atoms. The largest absolute Gasteiger partial charge is 0.386 e. The second kappa shape index (κ2) is 9.93. The molecule has 0 aromatic carbocycles. The van der Waals surface area contributed by atoms with Crippen LogP contribution >= 0.6 is 47.5 Å². The van der Waals surface area contributed by atoms with Crippen LogP contribution < -0.4 is 0 Å². The quantitative estimate of drug-likeness (QED) is 0.843. The Morgan fingerprint density at radius 3 is 2.43 bits per heavy atom. The van der Waals surface area contributed by atoms with Gasteiger partial charge in [0.2, 0.25) is 0 Å². The van der Waals surface area contributed by atoms with E-state index in [9.17, 15) is 5.11 Å². The van der Waals surface area contributed by atoms with Crippen LogP contribution in [0.1, 0.15) is 21.7 Å². The van der Waals surface area contributed by atoms with Crippen LogP contribution in [0.5, 0.6) is 0 Å². The topological polar surface area (TPSA) is 39.6 Å². The van der Waals surface area contributed by atoms with E-state index in [1.54, 1.807) is 22.7 Å². The lowest BCUT2D eigenvalue weighted by Crippen LogP contribution is -2.47. The molecule has 23 heavy (non-hydrogen) atoms. The smallest absolute Gasteiger partial charge is 0.101 e. The van der Waals surface area contributed by atoms with Gasteiger partial charge in [-0.1, -0.05) is 6.07 Å². The Balaban J connectivity index is 0.00000132. The van der Waals surface area contributed by atoms with E-state index >= 15 is 0 Å². The molecule has 0 radical (unpaired) electrons. The van der Waals surface area contributed by atoms with E-state index in [2.05, 4.69) is 27.1 Å². The summed E-state index contributed by atoms with van der Waals surface area (Å²) in [4.78, 5) is 10.4. The molecule has 4 nitrogen and oxygen atoms in total. The summed E-state index contributed by atoms with van der Waals surface area (Å²) in [5.74, 6) is 0.